The van der Waals surface area contributed by atoms with Gasteiger partial charge in [-0.15, -0.1) is 0 Å². The average Bonchev–Trinajstić information content (AvgIpc) is 2.91. The molecule has 1 amide bonds. The highest BCUT2D eigenvalue weighted by molar-refractivity contribution is 7.89. The molecule has 1 heterocycles. The number of H-pyrrole nitrogens is 1. The number of amides is 1. The first kappa shape index (κ1) is 19.1. The third kappa shape index (κ3) is 3.87. The lowest BCUT2D eigenvalue weighted by molar-refractivity contribution is 0.0948. The van der Waals surface area contributed by atoms with Gasteiger partial charge in [0.05, 0.1) is 26.5 Å². The number of nitrogens with two attached hydrogens (primary N) is 1. The predicted molar refractivity (Wildman–Crippen MR) is 97.7 cm³/mol. The highest BCUT2D eigenvalue weighted by atomic mass is 35.5. The Morgan fingerprint density at radius 3 is 2.70 bits per heavy atom. The van der Waals surface area contributed by atoms with Crippen LogP contribution >= 0.6 is 11.6 Å². The molecule has 0 bridgehead atoms. The Morgan fingerprint density at radius 1 is 1.30 bits per heavy atom. The zero-order chi connectivity index (χ0) is 19.8. The Labute approximate surface area is 157 Å². The van der Waals surface area contributed by atoms with E-state index in [4.69, 9.17) is 16.7 Å². The van der Waals surface area contributed by atoms with Gasteiger partial charge >= 0.3 is 5.69 Å². The van der Waals surface area contributed by atoms with Crippen LogP contribution in [0.25, 0.3) is 11.0 Å². The summed E-state index contributed by atoms with van der Waals surface area (Å²) in [5, 5.41) is 6.88. The highest BCUT2D eigenvalue weighted by Crippen LogP contribution is 2.23. The summed E-state index contributed by atoms with van der Waals surface area (Å²) in [4.78, 5) is 26.4. The van der Waals surface area contributed by atoms with Crippen LogP contribution in [0.3, 0.4) is 0 Å². The molecule has 0 spiro atoms. The number of primary sulfonamides is 1. The van der Waals surface area contributed by atoms with Crippen LogP contribution in [0.1, 0.15) is 10.4 Å². The lowest BCUT2D eigenvalue weighted by Gasteiger charge is -2.09. The number of para-hydroxylation sites is 2. The van der Waals surface area contributed by atoms with Crippen LogP contribution in [0.5, 0.6) is 0 Å². The number of aromatic nitrogens is 2. The molecule has 4 N–H and O–H groups in total. The fourth-order valence-corrected chi connectivity index (χ4v) is 3.45. The monoisotopic (exact) mass is 412 g/mol. The lowest BCUT2D eigenvalue weighted by atomic mass is 10.2. The molecule has 2 aromatic carbocycles. The standard InChI is InChI=1S/C16H14ClFN4O4S/c17-11-8-9(27(19,25)26)7-10(14(11)18)15(23)20-5-6-22-13-4-2-1-3-12(13)21-16(22)24/h1-4,7-8H,5-6H2,(H,20,23)(H,21,24)(H2,19,25,26). The zero-order valence-electron chi connectivity index (χ0n) is 13.7. The summed E-state index contributed by atoms with van der Waals surface area (Å²) in [5.41, 5.74) is 0.392. The molecule has 27 heavy (non-hydrogen) atoms. The van der Waals surface area contributed by atoms with E-state index in [1.54, 1.807) is 24.3 Å². The van der Waals surface area contributed by atoms with Gasteiger partial charge in [0.2, 0.25) is 10.0 Å². The molecule has 0 saturated heterocycles. The fraction of sp³-hybridized carbons (Fsp3) is 0.125. The van der Waals surface area contributed by atoms with Crippen molar-refractivity contribution in [3.63, 3.8) is 0 Å². The Bertz CT molecular complexity index is 1200. The summed E-state index contributed by atoms with van der Waals surface area (Å²) in [6.45, 7) is 0.121. The number of nitrogens with one attached hydrogen (secondary N) is 2. The van der Waals surface area contributed by atoms with Crippen molar-refractivity contribution in [2.24, 2.45) is 5.14 Å². The Balaban J connectivity index is 1.79. The molecule has 3 rings (SSSR count). The van der Waals surface area contributed by atoms with Gasteiger partial charge in [0.1, 0.15) is 0 Å². The van der Waals surface area contributed by atoms with Gasteiger partial charge in [-0.3, -0.25) is 9.36 Å². The average molecular weight is 413 g/mol. The number of carbonyl (C=O) groups excluding carboxylic acids is 1. The normalized spacial score (nSPS) is 11.7. The topological polar surface area (TPSA) is 127 Å². The maximum absolute atomic E-state index is 14.1. The minimum Gasteiger partial charge on any atom is -0.350 e. The number of rotatable bonds is 5. The second kappa shape index (κ2) is 7.14. The van der Waals surface area contributed by atoms with Crippen molar-refractivity contribution in [1.29, 1.82) is 0 Å². The minimum atomic E-state index is -4.16. The first-order valence-electron chi connectivity index (χ1n) is 7.66. The van der Waals surface area contributed by atoms with Crippen LogP contribution in [0.2, 0.25) is 5.02 Å². The summed E-state index contributed by atoms with van der Waals surface area (Å²) in [5.74, 6) is -1.95. The van der Waals surface area contributed by atoms with Gasteiger partial charge in [-0.05, 0) is 24.3 Å². The maximum atomic E-state index is 14.1. The number of halogens is 2. The number of fused-ring (bicyclic) bond motifs is 1. The molecule has 0 radical (unpaired) electrons. The van der Waals surface area contributed by atoms with Gasteiger partial charge in [0, 0.05) is 13.1 Å². The molecule has 0 aliphatic carbocycles. The van der Waals surface area contributed by atoms with E-state index in [1.807, 2.05) is 0 Å². The zero-order valence-corrected chi connectivity index (χ0v) is 15.3. The van der Waals surface area contributed by atoms with E-state index in [1.165, 1.54) is 4.57 Å². The number of nitrogens with zero attached hydrogens (tertiary/aromatic N) is 1. The smallest absolute Gasteiger partial charge is 0.326 e. The summed E-state index contributed by atoms with van der Waals surface area (Å²) in [6.07, 6.45) is 0. The summed E-state index contributed by atoms with van der Waals surface area (Å²) in [6, 6.07) is 8.65. The summed E-state index contributed by atoms with van der Waals surface area (Å²) >= 11 is 5.65. The summed E-state index contributed by atoms with van der Waals surface area (Å²) < 4.78 is 38.4. The molecular weight excluding hydrogens is 399 g/mol. The number of aromatic amines is 1. The van der Waals surface area contributed by atoms with Gasteiger partial charge in [0.15, 0.2) is 5.82 Å². The first-order chi connectivity index (χ1) is 12.7. The molecule has 0 fully saturated rings. The van der Waals surface area contributed by atoms with Crippen molar-refractivity contribution in [1.82, 2.24) is 14.9 Å². The van der Waals surface area contributed by atoms with Crippen LogP contribution in [-0.2, 0) is 16.6 Å². The van der Waals surface area contributed by atoms with Crippen molar-refractivity contribution in [2.75, 3.05) is 6.54 Å². The second-order valence-corrected chi connectivity index (χ2v) is 7.64. The Kier molecular flexibility index (Phi) is 5.05. The van der Waals surface area contributed by atoms with Crippen LogP contribution in [0, 0.1) is 5.82 Å². The molecule has 0 saturated carbocycles. The highest BCUT2D eigenvalue weighted by Gasteiger charge is 2.20. The van der Waals surface area contributed by atoms with Gasteiger partial charge in [-0.2, -0.15) is 0 Å². The third-order valence-electron chi connectivity index (χ3n) is 3.88. The SMILES string of the molecule is NS(=O)(=O)c1cc(Cl)c(F)c(C(=O)NCCn2c(=O)[nH]c3ccccc32)c1. The third-order valence-corrected chi connectivity index (χ3v) is 5.05. The fourth-order valence-electron chi connectivity index (χ4n) is 2.60. The van der Waals surface area contributed by atoms with E-state index in [2.05, 4.69) is 10.3 Å². The number of sulfonamides is 1. The van der Waals surface area contributed by atoms with E-state index >= 15 is 0 Å². The quantitative estimate of drug-likeness (QED) is 0.581. The molecule has 1 aromatic heterocycles. The second-order valence-electron chi connectivity index (χ2n) is 5.67. The number of carbonyl (C=O) groups is 1. The van der Waals surface area contributed by atoms with Crippen molar-refractivity contribution in [2.45, 2.75) is 11.4 Å². The van der Waals surface area contributed by atoms with E-state index in [9.17, 15) is 22.4 Å². The molecular formula is C16H14ClFN4O4S. The van der Waals surface area contributed by atoms with Crippen molar-refractivity contribution in [3.05, 3.63) is 63.3 Å². The molecule has 0 atom stereocenters. The van der Waals surface area contributed by atoms with E-state index in [0.717, 1.165) is 12.1 Å². The lowest BCUT2D eigenvalue weighted by Crippen LogP contribution is -2.30. The number of hydrogen-bond acceptors (Lipinski definition) is 4. The number of benzene rings is 2. The first-order valence-corrected chi connectivity index (χ1v) is 9.58. The van der Waals surface area contributed by atoms with Crippen LogP contribution in [0.15, 0.2) is 46.1 Å². The Hall–Kier alpha value is -2.69. The van der Waals surface area contributed by atoms with Gasteiger partial charge in [-0.25, -0.2) is 22.7 Å². The van der Waals surface area contributed by atoms with Crippen molar-refractivity contribution < 1.29 is 17.6 Å². The maximum Gasteiger partial charge on any atom is 0.326 e. The van der Waals surface area contributed by atoms with Gasteiger partial charge in [0.25, 0.3) is 5.91 Å². The molecule has 142 valence electrons. The molecule has 0 unspecified atom stereocenters. The molecule has 8 nitrogen and oxygen atoms in total. The van der Waals surface area contributed by atoms with E-state index in [-0.39, 0.29) is 18.8 Å². The minimum absolute atomic E-state index is 0.00273. The van der Waals surface area contributed by atoms with Crippen LogP contribution < -0.4 is 16.1 Å². The molecule has 11 heteroatoms. The van der Waals surface area contributed by atoms with Crippen molar-refractivity contribution >= 4 is 38.6 Å². The molecule has 0 aliphatic heterocycles. The van der Waals surface area contributed by atoms with Crippen LogP contribution in [-0.4, -0.2) is 30.4 Å². The van der Waals surface area contributed by atoms with Gasteiger partial charge in [-0.1, -0.05) is 23.7 Å². The molecule has 0 aliphatic rings. The van der Waals surface area contributed by atoms with Crippen molar-refractivity contribution in [3.8, 4) is 0 Å². The number of hydrogen-bond donors (Lipinski definition) is 3. The molecule has 3 aromatic rings. The number of imidazole rings is 1. The summed E-state index contributed by atoms with van der Waals surface area (Å²) in [7, 11) is -4.16. The predicted octanol–water partition coefficient (Wildman–Crippen LogP) is 1.20. The van der Waals surface area contributed by atoms with Gasteiger partial charge < -0.3 is 10.3 Å². The largest absolute Gasteiger partial charge is 0.350 e. The van der Waals surface area contributed by atoms with E-state index in [0.29, 0.717) is 11.0 Å². The van der Waals surface area contributed by atoms with Crippen LogP contribution in [0.4, 0.5) is 4.39 Å². The Morgan fingerprint density at radius 2 is 2.00 bits per heavy atom. The van der Waals surface area contributed by atoms with E-state index < -0.39 is 37.2 Å².